The third kappa shape index (κ3) is 3.77. The number of hydrogen-bond donors (Lipinski definition) is 1. The monoisotopic (exact) mass is 143 g/mol. The minimum absolute atomic E-state index is 0.499. The SMILES string of the molecule is CCCN=CC(=O)C(=O)O. The molecule has 0 heterocycles. The average molecular weight is 143 g/mol. The van der Waals surface area contributed by atoms with E-state index in [1.807, 2.05) is 6.92 Å². The molecule has 0 rings (SSSR count). The molecule has 0 amide bonds. The first kappa shape index (κ1) is 8.81. The van der Waals surface area contributed by atoms with Crippen LogP contribution in [0.5, 0.6) is 0 Å². The number of aliphatic carboxylic acids is 1. The van der Waals surface area contributed by atoms with Gasteiger partial charge >= 0.3 is 5.97 Å². The van der Waals surface area contributed by atoms with Gasteiger partial charge in [0.1, 0.15) is 0 Å². The number of aliphatic imine (C=N–C) groups is 1. The summed E-state index contributed by atoms with van der Waals surface area (Å²) in [6.45, 7) is 2.39. The van der Waals surface area contributed by atoms with Crippen LogP contribution in [0, 0.1) is 0 Å². The van der Waals surface area contributed by atoms with E-state index in [0.717, 1.165) is 12.6 Å². The van der Waals surface area contributed by atoms with Gasteiger partial charge in [-0.25, -0.2) is 4.79 Å². The van der Waals surface area contributed by atoms with Crippen LogP contribution in [0.1, 0.15) is 13.3 Å². The van der Waals surface area contributed by atoms with Crippen molar-refractivity contribution in [2.24, 2.45) is 4.99 Å². The van der Waals surface area contributed by atoms with Crippen molar-refractivity contribution in [1.82, 2.24) is 0 Å². The molecule has 4 heteroatoms. The van der Waals surface area contributed by atoms with Gasteiger partial charge in [-0.15, -0.1) is 0 Å². The second-order valence-corrected chi connectivity index (χ2v) is 1.70. The molecule has 0 atom stereocenters. The van der Waals surface area contributed by atoms with Crippen LogP contribution in [0.15, 0.2) is 4.99 Å². The first-order chi connectivity index (χ1) is 4.68. The lowest BCUT2D eigenvalue weighted by atomic mass is 10.4. The van der Waals surface area contributed by atoms with Crippen LogP contribution in [0.2, 0.25) is 0 Å². The normalized spacial score (nSPS) is 10.1. The summed E-state index contributed by atoms with van der Waals surface area (Å²) in [5.41, 5.74) is 0. The molecule has 0 aliphatic heterocycles. The Hall–Kier alpha value is -1.19. The minimum Gasteiger partial charge on any atom is -0.475 e. The van der Waals surface area contributed by atoms with Crippen molar-refractivity contribution in [2.45, 2.75) is 13.3 Å². The Morgan fingerprint density at radius 3 is 2.60 bits per heavy atom. The second-order valence-electron chi connectivity index (χ2n) is 1.70. The van der Waals surface area contributed by atoms with Gasteiger partial charge < -0.3 is 5.11 Å². The maximum atomic E-state index is 10.3. The van der Waals surface area contributed by atoms with Crippen LogP contribution in [0.4, 0.5) is 0 Å². The Morgan fingerprint density at radius 2 is 2.20 bits per heavy atom. The lowest BCUT2D eigenvalue weighted by Crippen LogP contribution is -2.13. The highest BCUT2D eigenvalue weighted by molar-refractivity contribution is 6.56. The van der Waals surface area contributed by atoms with Crippen molar-refractivity contribution >= 4 is 18.0 Å². The van der Waals surface area contributed by atoms with Gasteiger partial charge in [-0.2, -0.15) is 0 Å². The van der Waals surface area contributed by atoms with E-state index in [1.54, 1.807) is 0 Å². The Balaban J connectivity index is 3.67. The van der Waals surface area contributed by atoms with Crippen LogP contribution < -0.4 is 0 Å². The van der Waals surface area contributed by atoms with Crippen molar-refractivity contribution < 1.29 is 14.7 Å². The molecule has 0 bridgehead atoms. The van der Waals surface area contributed by atoms with E-state index in [1.165, 1.54) is 0 Å². The number of carboxylic acid groups (broad SMARTS) is 1. The quantitative estimate of drug-likeness (QED) is 0.449. The highest BCUT2D eigenvalue weighted by Crippen LogP contribution is 1.75. The highest BCUT2D eigenvalue weighted by Gasteiger charge is 2.05. The molecule has 4 nitrogen and oxygen atoms in total. The summed E-state index contributed by atoms with van der Waals surface area (Å²) in [5.74, 6) is -2.42. The Kier molecular flexibility index (Phi) is 4.11. The number of hydrogen-bond acceptors (Lipinski definition) is 3. The summed E-state index contributed by atoms with van der Waals surface area (Å²) in [5, 5.41) is 8.04. The molecule has 1 N–H and O–H groups in total. The fourth-order valence-corrected chi connectivity index (χ4v) is 0.332. The second kappa shape index (κ2) is 4.67. The van der Waals surface area contributed by atoms with E-state index in [9.17, 15) is 9.59 Å². The van der Waals surface area contributed by atoms with Crippen molar-refractivity contribution in [3.8, 4) is 0 Å². The van der Waals surface area contributed by atoms with E-state index in [2.05, 4.69) is 4.99 Å². The van der Waals surface area contributed by atoms with Gasteiger partial charge in [-0.1, -0.05) is 6.92 Å². The summed E-state index contributed by atoms with van der Waals surface area (Å²) >= 11 is 0. The fourth-order valence-electron chi connectivity index (χ4n) is 0.332. The number of carboxylic acids is 1. The van der Waals surface area contributed by atoms with Crippen molar-refractivity contribution in [3.63, 3.8) is 0 Å². The Morgan fingerprint density at radius 1 is 1.60 bits per heavy atom. The molecule has 0 aromatic heterocycles. The first-order valence-electron chi connectivity index (χ1n) is 2.95. The molecule has 0 saturated carbocycles. The maximum Gasteiger partial charge on any atom is 0.378 e. The summed E-state index contributed by atoms with van der Waals surface area (Å²) in [6.07, 6.45) is 1.65. The van der Waals surface area contributed by atoms with Gasteiger partial charge in [0.05, 0.1) is 6.21 Å². The molecular formula is C6H9NO3. The standard InChI is InChI=1S/C6H9NO3/c1-2-3-7-4-5(8)6(9)10/h4H,2-3H2,1H3,(H,9,10). The topological polar surface area (TPSA) is 66.7 Å². The minimum atomic E-state index is -1.46. The molecular weight excluding hydrogens is 134 g/mol. The van der Waals surface area contributed by atoms with Gasteiger partial charge in [-0.05, 0) is 6.42 Å². The van der Waals surface area contributed by atoms with Gasteiger partial charge in [0.25, 0.3) is 5.78 Å². The third-order valence-electron chi connectivity index (χ3n) is 0.772. The van der Waals surface area contributed by atoms with Gasteiger partial charge in [0, 0.05) is 6.54 Å². The Bertz CT molecular complexity index is 162. The van der Waals surface area contributed by atoms with Crippen LogP contribution in [-0.4, -0.2) is 29.6 Å². The third-order valence-corrected chi connectivity index (χ3v) is 0.772. The molecule has 0 radical (unpaired) electrons. The van der Waals surface area contributed by atoms with E-state index in [4.69, 9.17) is 5.11 Å². The first-order valence-corrected chi connectivity index (χ1v) is 2.95. The number of ketones is 1. The van der Waals surface area contributed by atoms with E-state index in [-0.39, 0.29) is 0 Å². The molecule has 56 valence electrons. The van der Waals surface area contributed by atoms with Crippen LogP contribution in [-0.2, 0) is 9.59 Å². The number of Topliss-reactive ketones (excluding diaryl/α,β-unsaturated/α-hetero) is 1. The smallest absolute Gasteiger partial charge is 0.378 e. The van der Waals surface area contributed by atoms with Gasteiger partial charge in [0.2, 0.25) is 0 Å². The molecule has 10 heavy (non-hydrogen) atoms. The van der Waals surface area contributed by atoms with Crippen molar-refractivity contribution in [2.75, 3.05) is 6.54 Å². The zero-order valence-electron chi connectivity index (χ0n) is 5.70. The molecule has 0 spiro atoms. The maximum absolute atomic E-state index is 10.3. The molecule has 0 aliphatic rings. The summed E-state index contributed by atoms with van der Waals surface area (Å²) in [4.78, 5) is 23.7. The number of nitrogens with zero attached hydrogens (tertiary/aromatic N) is 1. The largest absolute Gasteiger partial charge is 0.475 e. The molecule has 0 fully saturated rings. The van der Waals surface area contributed by atoms with E-state index < -0.39 is 11.8 Å². The van der Waals surface area contributed by atoms with Gasteiger partial charge in [-0.3, -0.25) is 9.79 Å². The summed E-state index contributed by atoms with van der Waals surface area (Å²) in [7, 11) is 0. The molecule has 0 aromatic rings. The number of carbonyl (C=O) groups is 2. The Labute approximate surface area is 58.6 Å². The predicted molar refractivity (Wildman–Crippen MR) is 36.3 cm³/mol. The molecule has 0 saturated heterocycles. The van der Waals surface area contributed by atoms with Gasteiger partial charge in [0.15, 0.2) is 0 Å². The lowest BCUT2D eigenvalue weighted by Gasteiger charge is -1.83. The summed E-state index contributed by atoms with van der Waals surface area (Å²) in [6, 6.07) is 0. The zero-order valence-corrected chi connectivity index (χ0v) is 5.70. The summed E-state index contributed by atoms with van der Waals surface area (Å²) < 4.78 is 0. The molecule has 0 unspecified atom stereocenters. The zero-order chi connectivity index (χ0) is 7.98. The molecule has 0 aliphatic carbocycles. The molecule has 0 aromatic carbocycles. The lowest BCUT2D eigenvalue weighted by molar-refractivity contribution is -0.145. The average Bonchev–Trinajstić information content (AvgIpc) is 1.88. The highest BCUT2D eigenvalue weighted by atomic mass is 16.4. The fraction of sp³-hybridized carbons (Fsp3) is 0.500. The van der Waals surface area contributed by atoms with E-state index in [0.29, 0.717) is 6.54 Å². The van der Waals surface area contributed by atoms with Crippen LogP contribution >= 0.6 is 0 Å². The van der Waals surface area contributed by atoms with Crippen molar-refractivity contribution in [1.29, 1.82) is 0 Å². The van der Waals surface area contributed by atoms with Crippen LogP contribution in [0.25, 0.3) is 0 Å². The predicted octanol–water partition coefficient (Wildman–Crippen LogP) is 0.121. The number of carbonyl (C=O) groups excluding carboxylic acids is 1. The van der Waals surface area contributed by atoms with Crippen LogP contribution in [0.3, 0.4) is 0 Å². The van der Waals surface area contributed by atoms with E-state index >= 15 is 0 Å². The van der Waals surface area contributed by atoms with Crippen molar-refractivity contribution in [3.05, 3.63) is 0 Å². The number of rotatable bonds is 4.